The first-order valence-electron chi connectivity index (χ1n) is 8.47. The topological polar surface area (TPSA) is 65.2 Å². The molecular formula is C21H23ClN2O2. The minimum atomic E-state index is -0.351. The van der Waals surface area contributed by atoms with Crippen LogP contribution in [0.15, 0.2) is 36.5 Å². The van der Waals surface area contributed by atoms with Crippen molar-refractivity contribution in [2.24, 2.45) is 5.73 Å². The summed E-state index contributed by atoms with van der Waals surface area (Å²) in [7, 11) is 1.36. The first kappa shape index (κ1) is 20.0. The molecule has 1 heterocycles. The van der Waals surface area contributed by atoms with Gasteiger partial charge in [-0.05, 0) is 54.7 Å². The molecule has 0 unspecified atom stereocenters. The summed E-state index contributed by atoms with van der Waals surface area (Å²) < 4.78 is 4.67. The smallest absolute Gasteiger partial charge is 0.337 e. The van der Waals surface area contributed by atoms with Crippen molar-refractivity contribution >= 4 is 17.6 Å². The summed E-state index contributed by atoms with van der Waals surface area (Å²) in [5.41, 5.74) is 9.72. The molecule has 0 radical (unpaired) electrons. The van der Waals surface area contributed by atoms with Gasteiger partial charge in [-0.3, -0.25) is 0 Å². The van der Waals surface area contributed by atoms with Crippen LogP contribution >= 0.6 is 11.6 Å². The van der Waals surface area contributed by atoms with Crippen molar-refractivity contribution in [3.8, 4) is 11.8 Å². The van der Waals surface area contributed by atoms with E-state index in [4.69, 9.17) is 17.3 Å². The largest absolute Gasteiger partial charge is 0.465 e. The standard InChI is InChI=1S/C21H23ClN2O2/c1-14-12-18(13-24-20(14)22)15(2)19(23)7-5-4-6-16-8-10-17(11-9-16)21(25)26-3/h8-13,15,19H,5,7,23H2,1-3H3/t15-,19-/m1/s1. The molecule has 0 bridgehead atoms. The molecule has 0 aliphatic heterocycles. The van der Waals surface area contributed by atoms with Gasteiger partial charge < -0.3 is 10.5 Å². The van der Waals surface area contributed by atoms with Crippen molar-refractivity contribution in [1.82, 2.24) is 4.98 Å². The zero-order chi connectivity index (χ0) is 19.1. The van der Waals surface area contributed by atoms with Crippen LogP contribution in [0.3, 0.4) is 0 Å². The highest BCUT2D eigenvalue weighted by atomic mass is 35.5. The second kappa shape index (κ2) is 9.38. The second-order valence-corrected chi connectivity index (χ2v) is 6.60. The van der Waals surface area contributed by atoms with E-state index in [1.807, 2.05) is 25.1 Å². The Kier molecular flexibility index (Phi) is 7.20. The fraction of sp³-hybridized carbons (Fsp3) is 0.333. The number of benzene rings is 1. The zero-order valence-corrected chi connectivity index (χ0v) is 16.0. The van der Waals surface area contributed by atoms with Crippen LogP contribution in [0.5, 0.6) is 0 Å². The molecule has 2 atom stereocenters. The number of ether oxygens (including phenoxy) is 1. The van der Waals surface area contributed by atoms with Gasteiger partial charge in [-0.1, -0.05) is 36.4 Å². The number of esters is 1. The van der Waals surface area contributed by atoms with Gasteiger partial charge in [0.1, 0.15) is 5.15 Å². The molecule has 136 valence electrons. The molecule has 0 fully saturated rings. The molecule has 2 N–H and O–H groups in total. The fourth-order valence-corrected chi connectivity index (χ4v) is 2.64. The van der Waals surface area contributed by atoms with Crippen LogP contribution in [0.2, 0.25) is 5.15 Å². The van der Waals surface area contributed by atoms with Crippen LogP contribution in [0, 0.1) is 18.8 Å². The van der Waals surface area contributed by atoms with Crippen molar-refractivity contribution in [3.63, 3.8) is 0 Å². The van der Waals surface area contributed by atoms with E-state index in [0.29, 0.717) is 17.1 Å². The Morgan fingerprint density at radius 1 is 1.35 bits per heavy atom. The maximum absolute atomic E-state index is 11.4. The average molecular weight is 371 g/mol. The van der Waals surface area contributed by atoms with Gasteiger partial charge in [0.2, 0.25) is 0 Å². The van der Waals surface area contributed by atoms with Crippen LogP contribution < -0.4 is 5.73 Å². The lowest BCUT2D eigenvalue weighted by Crippen LogP contribution is -2.26. The molecule has 0 aliphatic rings. The maximum atomic E-state index is 11.4. The predicted octanol–water partition coefficient (Wildman–Crippen LogP) is 4.09. The van der Waals surface area contributed by atoms with E-state index in [2.05, 4.69) is 28.5 Å². The quantitative estimate of drug-likeness (QED) is 0.489. The molecule has 26 heavy (non-hydrogen) atoms. The summed E-state index contributed by atoms with van der Waals surface area (Å²) in [5.74, 6) is 6.06. The summed E-state index contributed by atoms with van der Waals surface area (Å²) in [6.07, 6.45) is 3.27. The van der Waals surface area contributed by atoms with Crippen molar-refractivity contribution < 1.29 is 9.53 Å². The van der Waals surface area contributed by atoms with E-state index in [1.54, 1.807) is 18.3 Å². The van der Waals surface area contributed by atoms with Gasteiger partial charge in [0, 0.05) is 24.2 Å². The van der Waals surface area contributed by atoms with Crippen molar-refractivity contribution in [1.29, 1.82) is 0 Å². The lowest BCUT2D eigenvalue weighted by molar-refractivity contribution is 0.0600. The normalized spacial score (nSPS) is 12.7. The number of hydrogen-bond acceptors (Lipinski definition) is 4. The minimum absolute atomic E-state index is 0.00613. The highest BCUT2D eigenvalue weighted by molar-refractivity contribution is 6.30. The Balaban J connectivity index is 1.90. The zero-order valence-electron chi connectivity index (χ0n) is 15.3. The molecule has 0 aliphatic carbocycles. The van der Waals surface area contributed by atoms with Gasteiger partial charge in [0.05, 0.1) is 12.7 Å². The molecule has 0 amide bonds. The molecule has 1 aromatic carbocycles. The number of aromatic nitrogens is 1. The van der Waals surface area contributed by atoms with Crippen LogP contribution in [0.4, 0.5) is 0 Å². The van der Waals surface area contributed by atoms with Crippen LogP contribution in [0.25, 0.3) is 0 Å². The third kappa shape index (κ3) is 5.32. The number of methoxy groups -OCH3 is 1. The van der Waals surface area contributed by atoms with Gasteiger partial charge in [-0.15, -0.1) is 0 Å². The summed E-state index contributed by atoms with van der Waals surface area (Å²) in [6, 6.07) is 9.06. The molecule has 2 aromatic rings. The first-order valence-corrected chi connectivity index (χ1v) is 8.85. The van der Waals surface area contributed by atoms with E-state index in [1.165, 1.54) is 7.11 Å². The summed E-state index contributed by atoms with van der Waals surface area (Å²) in [4.78, 5) is 15.6. The minimum Gasteiger partial charge on any atom is -0.465 e. The molecular weight excluding hydrogens is 348 g/mol. The molecule has 0 saturated heterocycles. The Hall–Kier alpha value is -2.35. The monoisotopic (exact) mass is 370 g/mol. The van der Waals surface area contributed by atoms with E-state index in [0.717, 1.165) is 23.1 Å². The fourth-order valence-electron chi connectivity index (χ4n) is 2.54. The van der Waals surface area contributed by atoms with Gasteiger partial charge in [0.25, 0.3) is 0 Å². The lowest BCUT2D eigenvalue weighted by Gasteiger charge is -2.19. The number of rotatable bonds is 5. The number of carbonyl (C=O) groups excluding carboxylic acids is 1. The summed E-state index contributed by atoms with van der Waals surface area (Å²) in [6.45, 7) is 4.03. The Morgan fingerprint density at radius 2 is 2.04 bits per heavy atom. The molecule has 2 rings (SSSR count). The van der Waals surface area contributed by atoms with Crippen LogP contribution in [-0.4, -0.2) is 24.1 Å². The average Bonchev–Trinajstić information content (AvgIpc) is 2.66. The van der Waals surface area contributed by atoms with Gasteiger partial charge in [-0.25, -0.2) is 9.78 Å². The molecule has 0 spiro atoms. The second-order valence-electron chi connectivity index (χ2n) is 6.24. The van der Waals surface area contributed by atoms with E-state index in [9.17, 15) is 4.79 Å². The molecule has 1 aromatic heterocycles. The number of nitrogens with zero attached hydrogens (tertiary/aromatic N) is 1. The first-order chi connectivity index (χ1) is 12.4. The predicted molar refractivity (Wildman–Crippen MR) is 104 cm³/mol. The molecule has 5 heteroatoms. The maximum Gasteiger partial charge on any atom is 0.337 e. The van der Waals surface area contributed by atoms with Crippen LogP contribution in [-0.2, 0) is 4.74 Å². The number of carbonyl (C=O) groups is 1. The number of hydrogen-bond donors (Lipinski definition) is 1. The third-order valence-corrected chi connectivity index (χ3v) is 4.74. The Bertz CT molecular complexity index is 822. The SMILES string of the molecule is COC(=O)c1ccc(C#CCC[C@@H](N)[C@H](C)c2cnc(Cl)c(C)c2)cc1. The van der Waals surface area contributed by atoms with Gasteiger partial charge in [-0.2, -0.15) is 0 Å². The number of halogens is 1. The third-order valence-electron chi connectivity index (χ3n) is 4.34. The van der Waals surface area contributed by atoms with Gasteiger partial charge in [0.15, 0.2) is 0 Å². The highest BCUT2D eigenvalue weighted by Crippen LogP contribution is 2.23. The Morgan fingerprint density at radius 3 is 2.65 bits per heavy atom. The van der Waals surface area contributed by atoms with E-state index in [-0.39, 0.29) is 17.9 Å². The number of aryl methyl sites for hydroxylation is 1. The molecule has 4 nitrogen and oxygen atoms in total. The van der Waals surface area contributed by atoms with E-state index < -0.39 is 0 Å². The van der Waals surface area contributed by atoms with Gasteiger partial charge >= 0.3 is 5.97 Å². The highest BCUT2D eigenvalue weighted by Gasteiger charge is 2.15. The number of nitrogens with two attached hydrogens (primary N) is 1. The molecule has 0 saturated carbocycles. The Labute approximate surface area is 159 Å². The van der Waals surface area contributed by atoms with Crippen LogP contribution in [0.1, 0.15) is 52.7 Å². The van der Waals surface area contributed by atoms with Crippen molar-refractivity contribution in [2.45, 2.75) is 38.6 Å². The lowest BCUT2D eigenvalue weighted by atomic mass is 9.91. The van der Waals surface area contributed by atoms with Crippen molar-refractivity contribution in [2.75, 3.05) is 7.11 Å². The van der Waals surface area contributed by atoms with E-state index >= 15 is 0 Å². The summed E-state index contributed by atoms with van der Waals surface area (Å²) >= 11 is 5.97. The number of pyridine rings is 1. The van der Waals surface area contributed by atoms with Crippen molar-refractivity contribution in [3.05, 3.63) is 63.9 Å². The summed E-state index contributed by atoms with van der Waals surface area (Å²) in [5, 5.41) is 0.526.